The van der Waals surface area contributed by atoms with Gasteiger partial charge in [0.15, 0.2) is 11.5 Å². The lowest BCUT2D eigenvalue weighted by Gasteiger charge is -2.32. The van der Waals surface area contributed by atoms with Crippen molar-refractivity contribution < 1.29 is 14.3 Å². The van der Waals surface area contributed by atoms with Crippen LogP contribution in [0.15, 0.2) is 42.5 Å². The predicted octanol–water partition coefficient (Wildman–Crippen LogP) is 2.75. The van der Waals surface area contributed by atoms with Crippen molar-refractivity contribution in [3.05, 3.63) is 53.6 Å². The maximum atomic E-state index is 12.9. The number of anilines is 1. The first-order valence-corrected chi connectivity index (χ1v) is 7.54. The highest BCUT2D eigenvalue weighted by Gasteiger charge is 2.27. The SMILES string of the molecule is COc1ccc(C(=O)N2CCC(N)c3ccccc32)cc1OC. The summed E-state index contributed by atoms with van der Waals surface area (Å²) in [6, 6.07) is 13.0. The average Bonchev–Trinajstić information content (AvgIpc) is 2.61. The van der Waals surface area contributed by atoms with Crippen LogP contribution in [0.4, 0.5) is 5.69 Å². The molecule has 0 bridgehead atoms. The van der Waals surface area contributed by atoms with E-state index in [1.807, 2.05) is 24.3 Å². The molecule has 3 rings (SSSR count). The summed E-state index contributed by atoms with van der Waals surface area (Å²) >= 11 is 0. The Bertz CT molecular complexity index is 730. The largest absolute Gasteiger partial charge is 0.493 e. The Morgan fingerprint density at radius 3 is 2.61 bits per heavy atom. The predicted molar refractivity (Wildman–Crippen MR) is 89.2 cm³/mol. The van der Waals surface area contributed by atoms with E-state index in [-0.39, 0.29) is 11.9 Å². The minimum absolute atomic E-state index is 0.0272. The number of amides is 1. The molecule has 2 aromatic carbocycles. The van der Waals surface area contributed by atoms with E-state index in [9.17, 15) is 4.79 Å². The van der Waals surface area contributed by atoms with Crippen LogP contribution in [0, 0.1) is 0 Å². The Labute approximate surface area is 135 Å². The van der Waals surface area contributed by atoms with Crippen molar-refractivity contribution in [2.45, 2.75) is 12.5 Å². The molecule has 1 aliphatic heterocycles. The van der Waals surface area contributed by atoms with Gasteiger partial charge in [0.1, 0.15) is 0 Å². The number of hydrogen-bond donors (Lipinski definition) is 1. The van der Waals surface area contributed by atoms with Crippen molar-refractivity contribution in [2.75, 3.05) is 25.7 Å². The van der Waals surface area contributed by atoms with Crippen molar-refractivity contribution in [1.82, 2.24) is 0 Å². The molecule has 0 saturated heterocycles. The second-order valence-corrected chi connectivity index (χ2v) is 5.48. The molecule has 1 aliphatic rings. The van der Waals surface area contributed by atoms with Gasteiger partial charge in [-0.1, -0.05) is 18.2 Å². The number of nitrogens with zero attached hydrogens (tertiary/aromatic N) is 1. The van der Waals surface area contributed by atoms with E-state index >= 15 is 0 Å². The van der Waals surface area contributed by atoms with E-state index in [0.717, 1.165) is 17.7 Å². The lowest BCUT2D eigenvalue weighted by molar-refractivity contribution is 0.0984. The molecule has 2 N–H and O–H groups in total. The maximum Gasteiger partial charge on any atom is 0.258 e. The first-order chi connectivity index (χ1) is 11.2. The molecule has 2 aromatic rings. The van der Waals surface area contributed by atoms with Gasteiger partial charge in [0.2, 0.25) is 0 Å². The second-order valence-electron chi connectivity index (χ2n) is 5.48. The van der Waals surface area contributed by atoms with Crippen molar-refractivity contribution >= 4 is 11.6 Å². The van der Waals surface area contributed by atoms with Gasteiger partial charge in [0.25, 0.3) is 5.91 Å². The van der Waals surface area contributed by atoms with E-state index in [2.05, 4.69) is 0 Å². The number of benzene rings is 2. The molecule has 0 spiro atoms. The molecule has 1 atom stereocenters. The van der Waals surface area contributed by atoms with E-state index in [4.69, 9.17) is 15.2 Å². The lowest BCUT2D eigenvalue weighted by atomic mass is 9.96. The molecule has 23 heavy (non-hydrogen) atoms. The summed E-state index contributed by atoms with van der Waals surface area (Å²) < 4.78 is 10.5. The highest BCUT2D eigenvalue weighted by molar-refractivity contribution is 6.07. The Morgan fingerprint density at radius 1 is 1.13 bits per heavy atom. The fourth-order valence-electron chi connectivity index (χ4n) is 2.93. The Morgan fingerprint density at radius 2 is 1.87 bits per heavy atom. The Balaban J connectivity index is 1.97. The fourth-order valence-corrected chi connectivity index (χ4v) is 2.93. The van der Waals surface area contributed by atoms with Crippen LogP contribution in [0.2, 0.25) is 0 Å². The van der Waals surface area contributed by atoms with Crippen LogP contribution in [0.3, 0.4) is 0 Å². The maximum absolute atomic E-state index is 12.9. The van der Waals surface area contributed by atoms with Gasteiger partial charge in [0.05, 0.1) is 14.2 Å². The first kappa shape index (κ1) is 15.4. The standard InChI is InChI=1S/C18H20N2O3/c1-22-16-8-7-12(11-17(16)23-2)18(21)20-10-9-14(19)13-5-3-4-6-15(13)20/h3-8,11,14H,9-10,19H2,1-2H3. The number of methoxy groups -OCH3 is 2. The van der Waals surface area contributed by atoms with Gasteiger partial charge in [-0.3, -0.25) is 4.79 Å². The normalized spacial score (nSPS) is 16.7. The number of ether oxygens (including phenoxy) is 2. The zero-order chi connectivity index (χ0) is 16.4. The molecule has 0 saturated carbocycles. The second kappa shape index (κ2) is 6.30. The van der Waals surface area contributed by atoms with Gasteiger partial charge < -0.3 is 20.1 Å². The van der Waals surface area contributed by atoms with Crippen molar-refractivity contribution in [3.63, 3.8) is 0 Å². The molecule has 5 nitrogen and oxygen atoms in total. The molecular weight excluding hydrogens is 292 g/mol. The van der Waals surface area contributed by atoms with Crippen molar-refractivity contribution in [1.29, 1.82) is 0 Å². The van der Waals surface area contributed by atoms with Crippen LogP contribution in [0.5, 0.6) is 11.5 Å². The third kappa shape index (κ3) is 2.75. The average molecular weight is 312 g/mol. The zero-order valence-corrected chi connectivity index (χ0v) is 13.3. The molecular formula is C18H20N2O3. The minimum Gasteiger partial charge on any atom is -0.493 e. The molecule has 1 unspecified atom stereocenters. The summed E-state index contributed by atoms with van der Waals surface area (Å²) in [7, 11) is 3.13. The van der Waals surface area contributed by atoms with Crippen LogP contribution in [-0.4, -0.2) is 26.7 Å². The smallest absolute Gasteiger partial charge is 0.258 e. The van der Waals surface area contributed by atoms with Crippen molar-refractivity contribution in [3.8, 4) is 11.5 Å². The van der Waals surface area contributed by atoms with E-state index in [1.54, 1.807) is 37.3 Å². The molecule has 1 heterocycles. The van der Waals surface area contributed by atoms with E-state index in [1.165, 1.54) is 0 Å². The fraction of sp³-hybridized carbons (Fsp3) is 0.278. The number of nitrogens with two attached hydrogens (primary N) is 1. The summed E-state index contributed by atoms with van der Waals surface area (Å²) in [5, 5.41) is 0. The van der Waals surface area contributed by atoms with Crippen molar-refractivity contribution in [2.24, 2.45) is 5.73 Å². The quantitative estimate of drug-likeness (QED) is 0.946. The number of carbonyl (C=O) groups excluding carboxylic acids is 1. The van der Waals surface area contributed by atoms with Gasteiger partial charge in [-0.05, 0) is 36.2 Å². The summed E-state index contributed by atoms with van der Waals surface area (Å²) in [6.45, 7) is 0.603. The van der Waals surface area contributed by atoms with Gasteiger partial charge >= 0.3 is 0 Å². The summed E-state index contributed by atoms with van der Waals surface area (Å²) in [4.78, 5) is 14.7. The number of hydrogen-bond acceptors (Lipinski definition) is 4. The van der Waals surface area contributed by atoms with Crippen LogP contribution < -0.4 is 20.1 Å². The van der Waals surface area contributed by atoms with E-state index < -0.39 is 0 Å². The monoisotopic (exact) mass is 312 g/mol. The molecule has 5 heteroatoms. The van der Waals surface area contributed by atoms with Gasteiger partial charge in [-0.15, -0.1) is 0 Å². The van der Waals surface area contributed by atoms with Gasteiger partial charge in [-0.2, -0.15) is 0 Å². The molecule has 1 amide bonds. The molecule has 0 aliphatic carbocycles. The van der Waals surface area contributed by atoms with E-state index in [0.29, 0.717) is 23.6 Å². The highest BCUT2D eigenvalue weighted by Crippen LogP contribution is 2.34. The lowest BCUT2D eigenvalue weighted by Crippen LogP contribution is -2.38. The summed E-state index contributed by atoms with van der Waals surface area (Å²) in [6.07, 6.45) is 0.746. The highest BCUT2D eigenvalue weighted by atomic mass is 16.5. The zero-order valence-electron chi connectivity index (χ0n) is 13.3. The number of carbonyl (C=O) groups is 1. The van der Waals surface area contributed by atoms with Gasteiger partial charge in [-0.25, -0.2) is 0 Å². The summed E-state index contributed by atoms with van der Waals surface area (Å²) in [5.74, 6) is 1.08. The Kier molecular flexibility index (Phi) is 4.21. The third-order valence-electron chi connectivity index (χ3n) is 4.17. The third-order valence-corrected chi connectivity index (χ3v) is 4.17. The number of para-hydroxylation sites is 1. The van der Waals surface area contributed by atoms with Crippen LogP contribution in [-0.2, 0) is 0 Å². The number of fused-ring (bicyclic) bond motifs is 1. The molecule has 0 fully saturated rings. The number of rotatable bonds is 3. The Hall–Kier alpha value is -2.53. The van der Waals surface area contributed by atoms with Crippen LogP contribution in [0.25, 0.3) is 0 Å². The summed E-state index contributed by atoms with van der Waals surface area (Å²) in [5.41, 5.74) is 8.61. The topological polar surface area (TPSA) is 64.8 Å². The van der Waals surface area contributed by atoms with Crippen LogP contribution in [0.1, 0.15) is 28.4 Å². The minimum atomic E-state index is -0.0645. The molecule has 120 valence electrons. The van der Waals surface area contributed by atoms with Crippen LogP contribution >= 0.6 is 0 Å². The molecule has 0 radical (unpaired) electrons. The molecule has 0 aromatic heterocycles. The van der Waals surface area contributed by atoms with Gasteiger partial charge in [0, 0.05) is 23.8 Å². The first-order valence-electron chi connectivity index (χ1n) is 7.54.